The van der Waals surface area contributed by atoms with E-state index in [9.17, 15) is 0 Å². The number of allylic oxidation sites excluding steroid dienone is 4. The lowest BCUT2D eigenvalue weighted by Crippen LogP contribution is -1.97. The lowest BCUT2D eigenvalue weighted by atomic mass is 10.3. The van der Waals surface area contributed by atoms with Crippen molar-refractivity contribution in [2.75, 3.05) is 6.54 Å². The molecule has 0 heterocycles. The highest BCUT2D eigenvalue weighted by molar-refractivity contribution is 5.51. The van der Waals surface area contributed by atoms with E-state index in [2.05, 4.69) is 18.9 Å². The van der Waals surface area contributed by atoms with E-state index in [-0.39, 0.29) is 7.97 Å². The first-order chi connectivity index (χ1) is 6.22. The van der Waals surface area contributed by atoms with E-state index in [1.165, 1.54) is 0 Å². The summed E-state index contributed by atoms with van der Waals surface area (Å²) in [6.07, 6.45) is 6.10. The Balaban J connectivity index is -0.0000000620. The van der Waals surface area contributed by atoms with Gasteiger partial charge in [0, 0.05) is 7.97 Å². The van der Waals surface area contributed by atoms with Gasteiger partial charge in [0.25, 0.3) is 0 Å². The van der Waals surface area contributed by atoms with Crippen molar-refractivity contribution >= 4 is 6.29 Å². The molecule has 0 aromatic carbocycles. The molecule has 2 N–H and O–H groups in total. The predicted molar refractivity (Wildman–Crippen MR) is 62.7 cm³/mol. The third-order valence-corrected chi connectivity index (χ3v) is 0.799. The Bertz CT molecular complexity index is 153. The van der Waals surface area contributed by atoms with Crippen molar-refractivity contribution in [3.63, 3.8) is 0 Å². The summed E-state index contributed by atoms with van der Waals surface area (Å²) in [5.41, 5.74) is 5.81. The van der Waals surface area contributed by atoms with Crippen LogP contribution in [0.2, 0.25) is 0 Å². The second-order valence-electron chi connectivity index (χ2n) is 1.75. The van der Waals surface area contributed by atoms with E-state index >= 15 is 0 Å². The van der Waals surface area contributed by atoms with Crippen molar-refractivity contribution in [2.45, 2.75) is 20.8 Å². The third-order valence-electron chi connectivity index (χ3n) is 0.799. The van der Waals surface area contributed by atoms with Crippen LogP contribution in [0.15, 0.2) is 37.0 Å². The fourth-order valence-electron chi connectivity index (χ4n) is 0.254. The van der Waals surface area contributed by atoms with Crippen molar-refractivity contribution in [2.24, 2.45) is 5.73 Å². The van der Waals surface area contributed by atoms with Crippen molar-refractivity contribution in [1.82, 2.24) is 0 Å². The molecule has 13 heavy (non-hydrogen) atoms. The second-order valence-corrected chi connectivity index (χ2v) is 1.75. The van der Waals surface area contributed by atoms with Crippen LogP contribution in [-0.2, 0) is 4.79 Å². The zero-order valence-corrected chi connectivity index (χ0v) is 8.92. The Kier molecular flexibility index (Phi) is 30.7. The summed E-state index contributed by atoms with van der Waals surface area (Å²) >= 11 is 0. The van der Waals surface area contributed by atoms with E-state index in [4.69, 9.17) is 4.79 Å². The maximum absolute atomic E-state index is 9.05. The highest BCUT2D eigenvalue weighted by atomic mass is 16.1. The topological polar surface area (TPSA) is 43.1 Å². The molecule has 78 valence electrons. The van der Waals surface area contributed by atoms with Crippen LogP contribution in [0.1, 0.15) is 22.2 Å². The minimum absolute atomic E-state index is 0. The van der Waals surface area contributed by atoms with Gasteiger partial charge in [0.05, 0.1) is 0 Å². The predicted octanol–water partition coefficient (Wildman–Crippen LogP) is 2.72. The molecule has 0 rings (SSSR count). The van der Waals surface area contributed by atoms with E-state index in [0.29, 0.717) is 6.29 Å². The largest absolute Gasteiger partial charge is 0.324 e. The summed E-state index contributed by atoms with van der Waals surface area (Å²) in [7, 11) is 0. The molecule has 0 aliphatic rings. The van der Waals surface area contributed by atoms with Crippen molar-refractivity contribution in [3.8, 4) is 0 Å². The lowest BCUT2D eigenvalue weighted by molar-refractivity contribution is -0.106. The molecule has 0 atom stereocenters. The van der Waals surface area contributed by atoms with Gasteiger partial charge >= 0.3 is 0 Å². The molecular weight excluding hydrogens is 162 g/mol. The minimum Gasteiger partial charge on any atom is -0.324 e. The highest BCUT2D eigenvalue weighted by Gasteiger charge is 1.68. The van der Waals surface area contributed by atoms with E-state index in [1.807, 2.05) is 26.8 Å². The second kappa shape index (κ2) is 22.4. The molecule has 0 saturated heterocycles. The quantitative estimate of drug-likeness (QED) is 0.542. The zero-order valence-electron chi connectivity index (χ0n) is 8.92. The van der Waals surface area contributed by atoms with Gasteiger partial charge in [0.15, 0.2) is 0 Å². The molecule has 0 unspecified atom stereocenters. The summed E-state index contributed by atoms with van der Waals surface area (Å²) in [5.74, 6) is 0. The average Bonchev–Trinajstić information content (AvgIpc) is 2.21. The summed E-state index contributed by atoms with van der Waals surface area (Å²) in [5, 5.41) is 0. The standard InChI is InChI=1S/C7H10.C2H5NO.C2H6.H2/c1-4-6-7(3)5-2;3-1-2-4;1-2;/h4-6H,1-2H2,3H3;2H,1,3H2;1-2H3;1H/b7-6-;;;. The fourth-order valence-corrected chi connectivity index (χ4v) is 0.254. The molecule has 0 aliphatic heterocycles. The summed E-state index contributed by atoms with van der Waals surface area (Å²) in [6, 6.07) is 0. The van der Waals surface area contributed by atoms with Gasteiger partial charge in [-0.25, -0.2) is 0 Å². The van der Waals surface area contributed by atoms with Gasteiger partial charge in [0.2, 0.25) is 0 Å². The van der Waals surface area contributed by atoms with Crippen LogP contribution in [0.3, 0.4) is 0 Å². The molecule has 0 fully saturated rings. The van der Waals surface area contributed by atoms with Gasteiger partial charge in [-0.1, -0.05) is 50.8 Å². The number of hydrogen-bond acceptors (Lipinski definition) is 2. The number of hydrogen-bond donors (Lipinski definition) is 1. The highest BCUT2D eigenvalue weighted by Crippen LogP contribution is 1.90. The fraction of sp³-hybridized carbons (Fsp3) is 0.364. The number of carbonyl (C=O) groups is 1. The summed E-state index contributed by atoms with van der Waals surface area (Å²) in [6.45, 7) is 13.2. The smallest absolute Gasteiger partial charge is 0.133 e. The molecule has 0 aromatic rings. The van der Waals surface area contributed by atoms with Gasteiger partial charge in [-0.2, -0.15) is 0 Å². The molecule has 0 amide bonds. The van der Waals surface area contributed by atoms with Crippen molar-refractivity contribution in [1.29, 1.82) is 0 Å². The van der Waals surface area contributed by atoms with Crippen LogP contribution in [0.4, 0.5) is 0 Å². The van der Waals surface area contributed by atoms with E-state index in [1.54, 1.807) is 12.2 Å². The Morgan fingerprint density at radius 2 is 1.85 bits per heavy atom. The molecule has 0 bridgehead atoms. The van der Waals surface area contributed by atoms with Crippen LogP contribution in [0, 0.1) is 0 Å². The number of nitrogens with two attached hydrogens (primary N) is 1. The number of rotatable bonds is 3. The third kappa shape index (κ3) is 36.1. The first-order valence-electron chi connectivity index (χ1n) is 4.28. The maximum atomic E-state index is 9.05. The normalized spacial score (nSPS) is 8.15. The monoisotopic (exact) mass is 185 g/mol. The van der Waals surface area contributed by atoms with Gasteiger partial charge in [0.1, 0.15) is 6.29 Å². The van der Waals surface area contributed by atoms with Crippen LogP contribution in [0.25, 0.3) is 0 Å². The Morgan fingerprint density at radius 1 is 1.46 bits per heavy atom. The van der Waals surface area contributed by atoms with Gasteiger partial charge in [-0.3, -0.25) is 0 Å². The molecule has 0 radical (unpaired) electrons. The Hall–Kier alpha value is -1.15. The van der Waals surface area contributed by atoms with Crippen LogP contribution < -0.4 is 5.73 Å². The summed E-state index contributed by atoms with van der Waals surface area (Å²) < 4.78 is 0. The van der Waals surface area contributed by atoms with Gasteiger partial charge in [-0.15, -0.1) is 0 Å². The number of carbonyl (C=O) groups excluding carboxylic acids is 1. The van der Waals surface area contributed by atoms with Crippen molar-refractivity contribution in [3.05, 3.63) is 37.0 Å². The van der Waals surface area contributed by atoms with E-state index in [0.717, 1.165) is 5.57 Å². The molecule has 2 heteroatoms. The molecule has 0 spiro atoms. The Labute approximate surface area is 83.3 Å². The first-order valence-corrected chi connectivity index (χ1v) is 4.28. The van der Waals surface area contributed by atoms with Gasteiger partial charge < -0.3 is 10.5 Å². The molecule has 2 nitrogen and oxygen atoms in total. The SMILES string of the molecule is C=C/C=C(/C)C=C.CC.NCC=O.[HH]. The molecule has 0 aliphatic carbocycles. The van der Waals surface area contributed by atoms with Crippen LogP contribution in [-0.4, -0.2) is 12.8 Å². The molecule has 0 aromatic heterocycles. The minimum atomic E-state index is 0. The van der Waals surface area contributed by atoms with Crippen LogP contribution in [0.5, 0.6) is 0 Å². The number of aldehydes is 1. The average molecular weight is 185 g/mol. The molecular formula is C11H23NO. The van der Waals surface area contributed by atoms with Crippen molar-refractivity contribution < 1.29 is 6.22 Å². The van der Waals surface area contributed by atoms with Gasteiger partial charge in [-0.05, 0) is 6.92 Å². The summed E-state index contributed by atoms with van der Waals surface area (Å²) in [4.78, 5) is 9.05. The maximum Gasteiger partial charge on any atom is 0.133 e. The van der Waals surface area contributed by atoms with Crippen LogP contribution >= 0.6 is 0 Å². The zero-order chi connectivity index (χ0) is 11.1. The first kappa shape index (κ1) is 17.8. The lowest BCUT2D eigenvalue weighted by Gasteiger charge is -1.80. The van der Waals surface area contributed by atoms with E-state index < -0.39 is 0 Å². The Morgan fingerprint density at radius 3 is 1.92 bits per heavy atom. The molecule has 0 saturated carbocycles.